The monoisotopic (exact) mass is 481 g/mol. The third-order valence-electron chi connectivity index (χ3n) is 7.10. The molecule has 0 amide bonds. The summed E-state index contributed by atoms with van der Waals surface area (Å²) in [5.41, 5.74) is 5.33. The highest BCUT2D eigenvalue weighted by atomic mass is 16.6. The molecule has 1 fully saturated rings. The minimum absolute atomic E-state index is 0.237. The van der Waals surface area contributed by atoms with Gasteiger partial charge in [-0.25, -0.2) is 4.98 Å². The molecule has 1 N–H and O–H groups in total. The van der Waals surface area contributed by atoms with E-state index in [4.69, 9.17) is 9.47 Å². The van der Waals surface area contributed by atoms with E-state index < -0.39 is 6.10 Å². The molecule has 6 rings (SSSR count). The summed E-state index contributed by atoms with van der Waals surface area (Å²) in [6.07, 6.45) is 3.62. The van der Waals surface area contributed by atoms with Crippen LogP contribution in [0, 0.1) is 5.92 Å². The third-order valence-corrected chi connectivity index (χ3v) is 7.10. The molecular formula is C31H31NO4. The number of hydrogen-bond donors (Lipinski definition) is 1. The number of carbonyl (C=O) groups excluding carboxylic acids is 1. The minimum atomic E-state index is -0.651. The fourth-order valence-corrected chi connectivity index (χ4v) is 5.22. The molecule has 36 heavy (non-hydrogen) atoms. The van der Waals surface area contributed by atoms with Gasteiger partial charge < -0.3 is 14.6 Å². The normalized spacial score (nSPS) is 15.5. The standard InChI is InChI=1S/C22H26O4.C9H5N/c1-25-19-14-8-7-13-18(19)21(17-11-5-6-12-17)22(24)26-20(15-23)16-9-3-2-4-10-16;1-2-4-8-6(3-1)7-5-9(7)10-8/h2-4,7-10,13-14,17,20-21,23H,5-6,11-12,15H2,1H3;1-5H. The molecule has 0 bridgehead atoms. The number of para-hydroxylation sites is 2. The number of hydrogen-bond acceptors (Lipinski definition) is 5. The minimum Gasteiger partial charge on any atom is -0.496 e. The number of ether oxygens (including phenoxy) is 2. The highest BCUT2D eigenvalue weighted by Crippen LogP contribution is 2.42. The summed E-state index contributed by atoms with van der Waals surface area (Å²) < 4.78 is 11.3. The average molecular weight is 482 g/mol. The van der Waals surface area contributed by atoms with Gasteiger partial charge in [0.05, 0.1) is 30.8 Å². The van der Waals surface area contributed by atoms with Crippen LogP contribution in [0.25, 0.3) is 22.2 Å². The van der Waals surface area contributed by atoms with Crippen LogP contribution in [0.4, 0.5) is 0 Å². The van der Waals surface area contributed by atoms with Gasteiger partial charge in [0.2, 0.25) is 0 Å². The first kappa shape index (κ1) is 24.0. The molecule has 0 aromatic heterocycles. The number of carbonyl (C=O) groups is 1. The lowest BCUT2D eigenvalue weighted by Crippen LogP contribution is -2.26. The van der Waals surface area contributed by atoms with Crippen molar-refractivity contribution >= 4 is 16.9 Å². The number of methoxy groups -OCH3 is 1. The summed E-state index contributed by atoms with van der Waals surface area (Å²) in [7, 11) is 1.62. The topological polar surface area (TPSA) is 68.7 Å². The van der Waals surface area contributed by atoms with Gasteiger partial charge >= 0.3 is 5.97 Å². The number of pyridine rings is 1. The molecule has 3 aromatic carbocycles. The Kier molecular flexibility index (Phi) is 7.28. The van der Waals surface area contributed by atoms with E-state index in [2.05, 4.69) is 29.2 Å². The number of benzene rings is 3. The SMILES string of the molecule is COc1ccccc1C(C(=O)OC(CO)c1ccccc1)C1CCCC1.c1ccc2c3cc-3nc2c1. The molecule has 1 aliphatic heterocycles. The molecule has 3 aliphatic rings. The Bertz CT molecular complexity index is 1330. The maximum atomic E-state index is 13.2. The lowest BCUT2D eigenvalue weighted by molar-refractivity contribution is -0.155. The van der Waals surface area contributed by atoms with E-state index in [9.17, 15) is 9.90 Å². The van der Waals surface area contributed by atoms with Crippen molar-refractivity contribution in [2.24, 2.45) is 5.92 Å². The first-order valence-corrected chi connectivity index (χ1v) is 12.6. The van der Waals surface area contributed by atoms with Crippen LogP contribution in [0.2, 0.25) is 0 Å². The van der Waals surface area contributed by atoms with Gasteiger partial charge in [0, 0.05) is 16.5 Å². The van der Waals surface area contributed by atoms with Crippen molar-refractivity contribution in [3.8, 4) is 17.0 Å². The first-order valence-electron chi connectivity index (χ1n) is 12.6. The molecule has 5 heteroatoms. The van der Waals surface area contributed by atoms with Crippen molar-refractivity contribution in [1.82, 2.24) is 4.98 Å². The predicted octanol–water partition coefficient (Wildman–Crippen LogP) is 6.46. The Balaban J connectivity index is 0.000000217. The molecule has 1 heterocycles. The molecule has 0 radical (unpaired) electrons. The molecule has 0 spiro atoms. The van der Waals surface area contributed by atoms with E-state index in [-0.39, 0.29) is 24.4 Å². The number of aliphatic hydroxyl groups is 1. The van der Waals surface area contributed by atoms with E-state index in [1.54, 1.807) is 7.11 Å². The number of aliphatic hydroxyl groups excluding tert-OH is 1. The average Bonchev–Trinajstić information content (AvgIpc) is 3.31. The van der Waals surface area contributed by atoms with Crippen LogP contribution in [0.3, 0.4) is 0 Å². The largest absolute Gasteiger partial charge is 0.496 e. The Morgan fingerprint density at radius 1 is 0.972 bits per heavy atom. The number of esters is 1. The molecule has 0 saturated heterocycles. The number of aromatic nitrogens is 1. The summed E-state index contributed by atoms with van der Waals surface area (Å²) in [4.78, 5) is 17.5. The molecule has 2 atom stereocenters. The smallest absolute Gasteiger partial charge is 0.314 e. The van der Waals surface area contributed by atoms with E-state index in [0.29, 0.717) is 5.75 Å². The van der Waals surface area contributed by atoms with E-state index >= 15 is 0 Å². The highest BCUT2D eigenvalue weighted by Gasteiger charge is 2.36. The second-order valence-corrected chi connectivity index (χ2v) is 9.36. The van der Waals surface area contributed by atoms with Crippen LogP contribution in [-0.4, -0.2) is 29.8 Å². The third kappa shape index (κ3) is 5.12. The molecule has 1 saturated carbocycles. The van der Waals surface area contributed by atoms with Crippen molar-refractivity contribution in [2.75, 3.05) is 13.7 Å². The summed E-state index contributed by atoms with van der Waals surface area (Å²) >= 11 is 0. The Hall–Kier alpha value is -3.70. The number of fused-ring (bicyclic) bond motifs is 3. The lowest BCUT2D eigenvalue weighted by atomic mass is 9.84. The van der Waals surface area contributed by atoms with Gasteiger partial charge in [-0.05, 0) is 42.5 Å². The zero-order valence-electron chi connectivity index (χ0n) is 20.5. The van der Waals surface area contributed by atoms with E-state index in [1.807, 2.05) is 60.7 Å². The van der Waals surface area contributed by atoms with Gasteiger partial charge in [-0.15, -0.1) is 0 Å². The molecule has 2 aliphatic carbocycles. The van der Waals surface area contributed by atoms with Gasteiger partial charge in [-0.3, -0.25) is 4.79 Å². The maximum Gasteiger partial charge on any atom is 0.314 e. The van der Waals surface area contributed by atoms with Crippen LogP contribution in [-0.2, 0) is 9.53 Å². The lowest BCUT2D eigenvalue weighted by Gasteiger charge is -2.26. The zero-order valence-corrected chi connectivity index (χ0v) is 20.5. The van der Waals surface area contributed by atoms with Gasteiger partial charge in [0.15, 0.2) is 0 Å². The Morgan fingerprint density at radius 2 is 1.67 bits per heavy atom. The van der Waals surface area contributed by atoms with Crippen molar-refractivity contribution in [3.63, 3.8) is 0 Å². The van der Waals surface area contributed by atoms with Crippen LogP contribution in [0.5, 0.6) is 5.75 Å². The molecule has 3 aromatic rings. The predicted molar refractivity (Wildman–Crippen MR) is 141 cm³/mol. The van der Waals surface area contributed by atoms with Gasteiger partial charge in [0.1, 0.15) is 11.9 Å². The number of nitrogens with zero attached hydrogens (tertiary/aromatic N) is 1. The van der Waals surface area contributed by atoms with Crippen molar-refractivity contribution < 1.29 is 19.4 Å². The molecular weight excluding hydrogens is 450 g/mol. The summed E-state index contributed by atoms with van der Waals surface area (Å²) in [6, 6.07) is 27.4. The van der Waals surface area contributed by atoms with Crippen LogP contribution >= 0.6 is 0 Å². The second kappa shape index (κ2) is 10.9. The summed E-state index contributed by atoms with van der Waals surface area (Å²) in [5.74, 6) is 0.297. The van der Waals surface area contributed by atoms with Gasteiger partial charge in [-0.2, -0.15) is 0 Å². The van der Waals surface area contributed by atoms with Crippen LogP contribution in [0.15, 0.2) is 84.9 Å². The zero-order chi connectivity index (χ0) is 24.9. The number of rotatable bonds is 7. The van der Waals surface area contributed by atoms with Gasteiger partial charge in [-0.1, -0.05) is 79.6 Å². The Morgan fingerprint density at radius 3 is 2.39 bits per heavy atom. The Labute approximate surface area is 211 Å². The van der Waals surface area contributed by atoms with Crippen molar-refractivity contribution in [1.29, 1.82) is 0 Å². The molecule has 184 valence electrons. The van der Waals surface area contributed by atoms with Crippen LogP contribution < -0.4 is 4.74 Å². The quantitative estimate of drug-likeness (QED) is 0.270. The van der Waals surface area contributed by atoms with Gasteiger partial charge in [0.25, 0.3) is 0 Å². The summed E-state index contributed by atoms with van der Waals surface area (Å²) in [6.45, 7) is -0.237. The van der Waals surface area contributed by atoms with E-state index in [0.717, 1.165) is 42.3 Å². The van der Waals surface area contributed by atoms with Crippen molar-refractivity contribution in [2.45, 2.75) is 37.7 Å². The molecule has 2 unspecified atom stereocenters. The second-order valence-electron chi connectivity index (χ2n) is 9.36. The van der Waals surface area contributed by atoms with E-state index in [1.165, 1.54) is 16.6 Å². The van der Waals surface area contributed by atoms with Crippen LogP contribution in [0.1, 0.15) is 48.8 Å². The fraction of sp³-hybridized carbons (Fsp3) is 0.290. The maximum absolute atomic E-state index is 13.2. The van der Waals surface area contributed by atoms with Crippen molar-refractivity contribution in [3.05, 3.63) is 96.1 Å². The first-order chi connectivity index (χ1) is 17.7. The molecule has 5 nitrogen and oxygen atoms in total. The summed E-state index contributed by atoms with van der Waals surface area (Å²) in [5, 5.41) is 11.0. The highest BCUT2D eigenvalue weighted by molar-refractivity contribution is 6.04. The fourth-order valence-electron chi connectivity index (χ4n) is 5.22.